The van der Waals surface area contributed by atoms with Gasteiger partial charge in [0.05, 0.1) is 13.1 Å². The molecule has 0 saturated heterocycles. The third kappa shape index (κ3) is 5.85. The summed E-state index contributed by atoms with van der Waals surface area (Å²) in [5.74, 6) is 2.18. The molecule has 2 rings (SSSR count). The van der Waals surface area contributed by atoms with Crippen molar-refractivity contribution < 1.29 is 4.74 Å². The fraction of sp³-hybridized carbons (Fsp3) is 0.444. The summed E-state index contributed by atoms with van der Waals surface area (Å²) >= 11 is 1.69. The minimum absolute atomic E-state index is 0.539. The highest BCUT2D eigenvalue weighted by Gasteiger charge is 2.02. The molecule has 0 saturated carbocycles. The maximum atomic E-state index is 5.75. The zero-order valence-electron chi connectivity index (χ0n) is 14.8. The molecule has 0 atom stereocenters. The van der Waals surface area contributed by atoms with Crippen LogP contribution < -0.4 is 15.4 Å². The third-order valence-corrected chi connectivity index (χ3v) is 4.42. The minimum Gasteiger partial charge on any atom is -0.492 e. The first-order valence-electron chi connectivity index (χ1n) is 8.17. The van der Waals surface area contributed by atoms with Crippen molar-refractivity contribution in [2.45, 2.75) is 33.2 Å². The summed E-state index contributed by atoms with van der Waals surface area (Å²) in [6, 6.07) is 8.27. The van der Waals surface area contributed by atoms with Crippen LogP contribution in [0.1, 0.15) is 35.2 Å². The summed E-state index contributed by atoms with van der Waals surface area (Å²) in [5, 5.41) is 7.54. The highest BCUT2D eigenvalue weighted by Crippen LogP contribution is 2.18. The molecule has 0 aliphatic heterocycles. The Labute approximate surface area is 148 Å². The molecule has 0 aliphatic carbocycles. The minimum atomic E-state index is 0.539. The van der Waals surface area contributed by atoms with Crippen LogP contribution in [0, 0.1) is 6.92 Å². The van der Waals surface area contributed by atoms with Gasteiger partial charge in [0.25, 0.3) is 0 Å². The van der Waals surface area contributed by atoms with Crippen LogP contribution >= 0.6 is 11.3 Å². The molecule has 0 amide bonds. The molecule has 2 N–H and O–H groups in total. The molecule has 0 fully saturated rings. The lowest BCUT2D eigenvalue weighted by molar-refractivity contribution is 0.322. The van der Waals surface area contributed by atoms with Crippen molar-refractivity contribution in [1.29, 1.82) is 0 Å². The molecule has 0 aliphatic rings. The second-order valence-corrected chi connectivity index (χ2v) is 7.11. The molecule has 1 aromatic heterocycles. The van der Waals surface area contributed by atoms with E-state index in [0.717, 1.165) is 16.7 Å². The van der Waals surface area contributed by atoms with Crippen molar-refractivity contribution in [2.24, 2.45) is 4.99 Å². The fourth-order valence-corrected chi connectivity index (χ4v) is 2.88. The summed E-state index contributed by atoms with van der Waals surface area (Å²) in [6.45, 7) is 8.37. The number of rotatable bonds is 7. The van der Waals surface area contributed by atoms with E-state index in [1.54, 1.807) is 18.4 Å². The number of nitrogens with zero attached hydrogens (tertiary/aromatic N) is 2. The fourth-order valence-electron chi connectivity index (χ4n) is 2.15. The molecule has 0 unspecified atom stereocenters. The molecule has 130 valence electrons. The van der Waals surface area contributed by atoms with Crippen LogP contribution in [0.5, 0.6) is 5.75 Å². The monoisotopic (exact) mass is 346 g/mol. The largest absolute Gasteiger partial charge is 0.492 e. The molecule has 1 heterocycles. The molecule has 5 nitrogen and oxygen atoms in total. The lowest BCUT2D eigenvalue weighted by atomic mass is 10.0. The van der Waals surface area contributed by atoms with Crippen molar-refractivity contribution in [1.82, 2.24) is 15.6 Å². The van der Waals surface area contributed by atoms with E-state index in [0.29, 0.717) is 25.6 Å². The Hall–Kier alpha value is -2.08. The van der Waals surface area contributed by atoms with Crippen LogP contribution in [0.15, 0.2) is 35.5 Å². The predicted molar refractivity (Wildman–Crippen MR) is 101 cm³/mol. The summed E-state index contributed by atoms with van der Waals surface area (Å²) in [7, 11) is 1.76. The van der Waals surface area contributed by atoms with E-state index in [1.807, 2.05) is 18.3 Å². The smallest absolute Gasteiger partial charge is 0.191 e. The number of aryl methyl sites for hydroxylation is 1. The number of ether oxygens (including phenoxy) is 1. The Morgan fingerprint density at radius 3 is 2.58 bits per heavy atom. The van der Waals surface area contributed by atoms with Crippen LogP contribution in [-0.4, -0.2) is 31.1 Å². The quantitative estimate of drug-likeness (QED) is 0.459. The van der Waals surface area contributed by atoms with Gasteiger partial charge in [-0.25, -0.2) is 4.98 Å². The van der Waals surface area contributed by atoms with Gasteiger partial charge in [0.15, 0.2) is 5.96 Å². The summed E-state index contributed by atoms with van der Waals surface area (Å²) < 4.78 is 5.75. The Bertz CT molecular complexity index is 649. The second kappa shape index (κ2) is 9.27. The van der Waals surface area contributed by atoms with E-state index in [4.69, 9.17) is 4.74 Å². The Morgan fingerprint density at radius 2 is 2.00 bits per heavy atom. The number of hydrogen-bond acceptors (Lipinski definition) is 4. The molecular weight excluding hydrogens is 320 g/mol. The van der Waals surface area contributed by atoms with Gasteiger partial charge in [0.2, 0.25) is 0 Å². The highest BCUT2D eigenvalue weighted by atomic mass is 32.1. The third-order valence-electron chi connectivity index (χ3n) is 3.51. The van der Waals surface area contributed by atoms with Crippen LogP contribution in [0.3, 0.4) is 0 Å². The van der Waals surface area contributed by atoms with Crippen molar-refractivity contribution in [3.8, 4) is 5.75 Å². The number of aliphatic imine (C=N–C) groups is 1. The summed E-state index contributed by atoms with van der Waals surface area (Å²) in [5.41, 5.74) is 1.32. The molecule has 6 heteroatoms. The standard InChI is InChI=1S/C18H26N4OS/c1-13(2)15-5-7-16(8-6-15)23-10-9-20-18(19-4)22-12-17-21-11-14(3)24-17/h5-8,11,13H,9-10,12H2,1-4H3,(H2,19,20,22). The van der Waals surface area contributed by atoms with E-state index in [9.17, 15) is 0 Å². The second-order valence-electron chi connectivity index (χ2n) is 5.79. The van der Waals surface area contributed by atoms with Crippen LogP contribution in [0.4, 0.5) is 0 Å². The molecule has 2 aromatic rings. The topological polar surface area (TPSA) is 58.5 Å². The van der Waals surface area contributed by atoms with Crippen LogP contribution in [-0.2, 0) is 6.54 Å². The van der Waals surface area contributed by atoms with Gasteiger partial charge in [-0.05, 0) is 30.5 Å². The average molecular weight is 347 g/mol. The molecule has 0 radical (unpaired) electrons. The van der Waals surface area contributed by atoms with E-state index < -0.39 is 0 Å². The summed E-state index contributed by atoms with van der Waals surface area (Å²) in [4.78, 5) is 9.74. The normalized spacial score (nSPS) is 11.6. The first-order chi connectivity index (χ1) is 11.6. The highest BCUT2D eigenvalue weighted by molar-refractivity contribution is 7.11. The van der Waals surface area contributed by atoms with Gasteiger partial charge in [-0.3, -0.25) is 4.99 Å². The first-order valence-corrected chi connectivity index (χ1v) is 8.98. The lowest BCUT2D eigenvalue weighted by Crippen LogP contribution is -2.38. The van der Waals surface area contributed by atoms with Crippen molar-refractivity contribution in [3.63, 3.8) is 0 Å². The van der Waals surface area contributed by atoms with E-state index in [2.05, 4.69) is 53.5 Å². The zero-order valence-corrected chi connectivity index (χ0v) is 15.6. The summed E-state index contributed by atoms with van der Waals surface area (Å²) in [6.07, 6.45) is 1.89. The number of benzene rings is 1. The Kier molecular flexibility index (Phi) is 7.06. The average Bonchev–Trinajstić information content (AvgIpc) is 3.00. The maximum absolute atomic E-state index is 5.75. The number of aromatic nitrogens is 1. The van der Waals surface area contributed by atoms with Gasteiger partial charge >= 0.3 is 0 Å². The Morgan fingerprint density at radius 1 is 1.25 bits per heavy atom. The lowest BCUT2D eigenvalue weighted by Gasteiger charge is -2.12. The number of guanidine groups is 1. The number of hydrogen-bond donors (Lipinski definition) is 2. The van der Waals surface area contributed by atoms with Crippen LogP contribution in [0.25, 0.3) is 0 Å². The molecule has 1 aromatic carbocycles. The number of thiazole rings is 1. The van der Waals surface area contributed by atoms with Gasteiger partial charge in [-0.15, -0.1) is 11.3 Å². The zero-order chi connectivity index (χ0) is 17.4. The van der Waals surface area contributed by atoms with Crippen LogP contribution in [0.2, 0.25) is 0 Å². The first kappa shape index (κ1) is 18.3. The maximum Gasteiger partial charge on any atom is 0.191 e. The van der Waals surface area contributed by atoms with Gasteiger partial charge in [0, 0.05) is 18.1 Å². The van der Waals surface area contributed by atoms with Gasteiger partial charge in [0.1, 0.15) is 17.4 Å². The van der Waals surface area contributed by atoms with E-state index in [1.165, 1.54) is 10.4 Å². The van der Waals surface area contributed by atoms with E-state index >= 15 is 0 Å². The SMILES string of the molecule is CN=C(NCCOc1ccc(C(C)C)cc1)NCc1ncc(C)s1. The van der Waals surface area contributed by atoms with E-state index in [-0.39, 0.29) is 0 Å². The van der Waals surface area contributed by atoms with Gasteiger partial charge < -0.3 is 15.4 Å². The molecule has 24 heavy (non-hydrogen) atoms. The predicted octanol–water partition coefficient (Wildman–Crippen LogP) is 3.32. The van der Waals surface area contributed by atoms with Crippen molar-refractivity contribution in [2.75, 3.05) is 20.2 Å². The molecular formula is C18H26N4OS. The van der Waals surface area contributed by atoms with Crippen molar-refractivity contribution >= 4 is 17.3 Å². The van der Waals surface area contributed by atoms with Gasteiger partial charge in [-0.1, -0.05) is 26.0 Å². The molecule has 0 spiro atoms. The Balaban J connectivity index is 1.68. The van der Waals surface area contributed by atoms with Crippen molar-refractivity contribution in [3.05, 3.63) is 45.9 Å². The van der Waals surface area contributed by atoms with Gasteiger partial charge in [-0.2, -0.15) is 0 Å². The molecule has 0 bridgehead atoms. The number of nitrogens with one attached hydrogen (secondary N) is 2.